The molecule has 0 N–H and O–H groups in total. The van der Waals surface area contributed by atoms with Crippen molar-refractivity contribution < 1.29 is 0 Å². The lowest BCUT2D eigenvalue weighted by atomic mass is 9.77. The average molecular weight is 833 g/mol. The summed E-state index contributed by atoms with van der Waals surface area (Å²) < 4.78 is 0. The summed E-state index contributed by atoms with van der Waals surface area (Å²) in [7, 11) is 6.07. The molecule has 59 heavy (non-hydrogen) atoms. The second-order valence-electron chi connectivity index (χ2n) is 18.2. The summed E-state index contributed by atoms with van der Waals surface area (Å²) in [4.78, 5) is 0. The molecule has 0 saturated carbocycles. The van der Waals surface area contributed by atoms with E-state index in [4.69, 9.17) is 0 Å². The molecule has 0 radical (unpaired) electrons. The lowest BCUT2D eigenvalue weighted by Gasteiger charge is -2.28. The van der Waals surface area contributed by atoms with E-state index in [0.29, 0.717) is 17.8 Å². The Bertz CT molecular complexity index is 1510. The number of hydrogen-bond donors (Lipinski definition) is 0. The number of benzene rings is 4. The molecule has 0 aliphatic heterocycles. The van der Waals surface area contributed by atoms with E-state index in [-0.39, 0.29) is 0 Å². The van der Waals surface area contributed by atoms with Crippen molar-refractivity contribution in [1.82, 2.24) is 0 Å². The third-order valence-corrected chi connectivity index (χ3v) is 14.8. The van der Waals surface area contributed by atoms with Crippen molar-refractivity contribution in [3.63, 3.8) is 0 Å². The molecule has 0 spiro atoms. The maximum absolute atomic E-state index is 3.05. The largest absolute Gasteiger partial charge is 0.137 e. The Hall–Kier alpha value is -2.26. The first-order valence-electron chi connectivity index (χ1n) is 24.8. The van der Waals surface area contributed by atoms with E-state index in [1.165, 1.54) is 183 Å². The second kappa shape index (κ2) is 32.5. The van der Waals surface area contributed by atoms with Crippen LogP contribution in [-0.2, 0) is 0 Å². The Morgan fingerprint density at radius 1 is 0.305 bits per heavy atom. The molecular formula is C57H86P2. The van der Waals surface area contributed by atoms with Gasteiger partial charge in [0.25, 0.3) is 0 Å². The zero-order valence-electron chi connectivity index (χ0n) is 37.7. The molecule has 0 saturated heterocycles. The van der Waals surface area contributed by atoms with E-state index >= 15 is 0 Å². The van der Waals surface area contributed by atoms with Gasteiger partial charge in [-0.2, -0.15) is 0 Å². The highest BCUT2D eigenvalue weighted by molar-refractivity contribution is 7.16. The van der Waals surface area contributed by atoms with Gasteiger partial charge in [0.05, 0.1) is 0 Å². The van der Waals surface area contributed by atoms with Gasteiger partial charge in [-0.15, -0.1) is 18.5 Å². The summed E-state index contributed by atoms with van der Waals surface area (Å²) in [5.74, 6) is 3.40. The van der Waals surface area contributed by atoms with Gasteiger partial charge >= 0.3 is 0 Å². The molecule has 2 heteroatoms. The molecule has 7 unspecified atom stereocenters. The summed E-state index contributed by atoms with van der Waals surface area (Å²) in [6.07, 6.45) is 37.1. The van der Waals surface area contributed by atoms with Gasteiger partial charge in [-0.3, -0.25) is 0 Å². The Morgan fingerprint density at radius 3 is 1.00 bits per heavy atom. The van der Waals surface area contributed by atoms with Gasteiger partial charge in [0.1, 0.15) is 0 Å². The van der Waals surface area contributed by atoms with Gasteiger partial charge in [0, 0.05) is 0 Å². The first-order valence-corrected chi connectivity index (χ1v) is 26.4. The third kappa shape index (κ3) is 20.9. The van der Waals surface area contributed by atoms with E-state index < -0.39 is 0 Å². The molecular weight excluding hydrogens is 747 g/mol. The van der Waals surface area contributed by atoms with Crippen LogP contribution < -0.4 is 0 Å². The van der Waals surface area contributed by atoms with Crippen LogP contribution in [0.2, 0.25) is 0 Å². The smallest absolute Gasteiger partial charge is 0.0122 e. The van der Waals surface area contributed by atoms with Gasteiger partial charge in [0.15, 0.2) is 0 Å². The summed E-state index contributed by atoms with van der Waals surface area (Å²) >= 11 is 0. The molecule has 0 nitrogen and oxygen atoms in total. The first kappa shape index (κ1) is 49.4. The Kier molecular flexibility index (Phi) is 27.2. The predicted molar refractivity (Wildman–Crippen MR) is 270 cm³/mol. The molecule has 4 aromatic rings. The molecule has 0 aromatic heterocycles. The van der Waals surface area contributed by atoms with Crippen molar-refractivity contribution in [2.24, 2.45) is 5.92 Å². The van der Waals surface area contributed by atoms with E-state index in [1.54, 1.807) is 5.56 Å². The molecule has 324 valence electrons. The molecule has 0 heterocycles. The van der Waals surface area contributed by atoms with Gasteiger partial charge in [0.2, 0.25) is 0 Å². The molecule has 7 atom stereocenters. The maximum atomic E-state index is 3.05. The normalized spacial score (nSPS) is 14.2. The predicted octanol–water partition coefficient (Wildman–Crippen LogP) is 18.3. The van der Waals surface area contributed by atoms with Crippen molar-refractivity contribution in [2.45, 2.75) is 191 Å². The minimum Gasteiger partial charge on any atom is -0.137 e. The third-order valence-electron chi connectivity index (χ3n) is 13.6. The van der Waals surface area contributed by atoms with Crippen LogP contribution in [0.1, 0.15) is 213 Å². The number of hydrogen-bond acceptors (Lipinski definition) is 0. The van der Waals surface area contributed by atoms with E-state index in [1.807, 2.05) is 0 Å². The molecule has 0 aliphatic carbocycles. The molecule has 4 aromatic carbocycles. The van der Waals surface area contributed by atoms with Crippen molar-refractivity contribution in [2.75, 3.05) is 12.3 Å². The monoisotopic (exact) mass is 833 g/mol. The minimum atomic E-state index is 0.551. The molecule has 4 rings (SSSR count). The maximum Gasteiger partial charge on any atom is -0.0122 e. The first-order chi connectivity index (χ1) is 29.2. The van der Waals surface area contributed by atoms with Crippen LogP contribution in [0.25, 0.3) is 0 Å². The molecule has 0 aliphatic rings. The molecule has 0 bridgehead atoms. The zero-order valence-corrected chi connectivity index (χ0v) is 40.0. The van der Waals surface area contributed by atoms with Crippen LogP contribution in [0.3, 0.4) is 0 Å². The van der Waals surface area contributed by atoms with Gasteiger partial charge in [-0.25, -0.2) is 0 Å². The fraction of sp³-hybridized carbons (Fsp3) is 0.579. The van der Waals surface area contributed by atoms with Crippen molar-refractivity contribution in [3.8, 4) is 0 Å². The quantitative estimate of drug-likeness (QED) is 0.0320. The summed E-state index contributed by atoms with van der Waals surface area (Å²) in [5, 5.41) is 0. The summed E-state index contributed by atoms with van der Waals surface area (Å²) in [6.45, 7) is 2.32. The number of rotatable bonds is 35. The standard InChI is InChI=1S/C57H86P2/c1-2-3-4-19-32-49(47-58)33-20-11-7-5-8-12-21-34-50(51-36-24-15-25-37-51)35-22-13-9-6-10-14-23-44-55(52-38-26-16-27-39-52)45-56(53-40-28-17-29-41-53)46-57(48-59)54-42-30-18-31-43-54/h15-18,24-31,36-43,49-50,55-57H,2-14,19-23,32-35,44-48,58-59H2,1H3. The van der Waals surface area contributed by atoms with Crippen molar-refractivity contribution >= 4 is 18.5 Å². The number of unbranched alkanes of at least 4 members (excludes halogenated alkanes) is 15. The fourth-order valence-electron chi connectivity index (χ4n) is 9.84. The van der Waals surface area contributed by atoms with Gasteiger partial charge in [-0.1, -0.05) is 257 Å². The highest BCUT2D eigenvalue weighted by atomic mass is 31.0. The van der Waals surface area contributed by atoms with Crippen LogP contribution in [0.15, 0.2) is 121 Å². The fourth-order valence-corrected chi connectivity index (χ4v) is 10.8. The Morgan fingerprint density at radius 2 is 0.610 bits per heavy atom. The highest BCUT2D eigenvalue weighted by Gasteiger charge is 2.23. The topological polar surface area (TPSA) is 0 Å². The van der Waals surface area contributed by atoms with Crippen LogP contribution in [0, 0.1) is 5.92 Å². The van der Waals surface area contributed by atoms with Crippen molar-refractivity contribution in [3.05, 3.63) is 144 Å². The molecule has 0 amide bonds. The van der Waals surface area contributed by atoms with Crippen LogP contribution in [0.4, 0.5) is 0 Å². The van der Waals surface area contributed by atoms with Crippen LogP contribution >= 0.6 is 18.5 Å². The van der Waals surface area contributed by atoms with Crippen LogP contribution in [0.5, 0.6) is 0 Å². The van der Waals surface area contributed by atoms with E-state index in [9.17, 15) is 0 Å². The second-order valence-corrected chi connectivity index (χ2v) is 19.1. The lowest BCUT2D eigenvalue weighted by molar-refractivity contribution is 0.437. The zero-order chi connectivity index (χ0) is 41.4. The van der Waals surface area contributed by atoms with E-state index in [0.717, 1.165) is 18.0 Å². The summed E-state index contributed by atoms with van der Waals surface area (Å²) in [6, 6.07) is 45.5. The molecule has 0 fully saturated rings. The highest BCUT2D eigenvalue weighted by Crippen LogP contribution is 2.40. The van der Waals surface area contributed by atoms with Gasteiger partial charge < -0.3 is 0 Å². The van der Waals surface area contributed by atoms with Crippen LogP contribution in [-0.4, -0.2) is 12.3 Å². The summed E-state index contributed by atoms with van der Waals surface area (Å²) in [5.41, 5.74) is 6.09. The van der Waals surface area contributed by atoms with Crippen molar-refractivity contribution in [1.29, 1.82) is 0 Å². The minimum absolute atomic E-state index is 0.551. The van der Waals surface area contributed by atoms with E-state index in [2.05, 4.69) is 147 Å². The lowest BCUT2D eigenvalue weighted by Crippen LogP contribution is -2.12. The Labute approximate surface area is 369 Å². The Balaban J connectivity index is 1.13. The van der Waals surface area contributed by atoms with Gasteiger partial charge in [-0.05, 0) is 96.3 Å². The SMILES string of the molecule is CCCCCCC(CP)CCCCCCCCCC(CCCCCCCCCC(CC(CC(CP)c1ccccc1)c1ccccc1)c1ccccc1)c1ccccc1. The average Bonchev–Trinajstić information content (AvgIpc) is 3.29.